The van der Waals surface area contributed by atoms with Crippen LogP contribution in [0.3, 0.4) is 0 Å². The molecule has 5 heteroatoms. The molecule has 0 amide bonds. The monoisotopic (exact) mass is 196 g/mol. The summed E-state index contributed by atoms with van der Waals surface area (Å²) in [5.41, 5.74) is 8.07. The van der Waals surface area contributed by atoms with Crippen LogP contribution in [0.1, 0.15) is 5.56 Å². The Morgan fingerprint density at radius 3 is 2.85 bits per heavy atom. The first-order valence-corrected chi connectivity index (χ1v) is 4.16. The van der Waals surface area contributed by atoms with Gasteiger partial charge < -0.3 is 11.6 Å². The van der Waals surface area contributed by atoms with Gasteiger partial charge in [-0.25, -0.2) is 9.66 Å². The summed E-state index contributed by atoms with van der Waals surface area (Å²) in [6.07, 6.45) is 0. The van der Waals surface area contributed by atoms with Gasteiger partial charge in [-0.2, -0.15) is 0 Å². The molecule has 1 aromatic heterocycles. The molecule has 2 rings (SSSR count). The highest BCUT2D eigenvalue weighted by Gasteiger charge is 2.08. The number of fused-ring (bicyclic) bond motifs is 1. The van der Waals surface area contributed by atoms with Gasteiger partial charge in [0.15, 0.2) is 0 Å². The molecule has 1 heterocycles. The average Bonchev–Trinajstić information content (AvgIpc) is 2.32. The van der Waals surface area contributed by atoms with Gasteiger partial charge in [0.05, 0.1) is 11.0 Å². The number of benzene rings is 1. The highest BCUT2D eigenvalue weighted by molar-refractivity contribution is 6.31. The minimum atomic E-state index is 0.292. The third-order valence-electron chi connectivity index (χ3n) is 1.98. The first-order valence-electron chi connectivity index (χ1n) is 3.78. The first-order chi connectivity index (χ1) is 6.09. The quantitative estimate of drug-likeness (QED) is 0.624. The van der Waals surface area contributed by atoms with E-state index in [1.807, 2.05) is 13.0 Å². The SMILES string of the molecule is Cc1cc(Cl)cc2c1nc(N)n2N. The minimum absolute atomic E-state index is 0.292. The summed E-state index contributed by atoms with van der Waals surface area (Å²) in [7, 11) is 0. The molecule has 0 radical (unpaired) electrons. The van der Waals surface area contributed by atoms with E-state index in [0.717, 1.165) is 16.6 Å². The number of nitrogens with two attached hydrogens (primary N) is 2. The number of aryl methyl sites for hydroxylation is 1. The molecule has 0 aliphatic heterocycles. The second kappa shape index (κ2) is 2.53. The zero-order chi connectivity index (χ0) is 9.59. The summed E-state index contributed by atoms with van der Waals surface area (Å²) in [5.74, 6) is 5.94. The van der Waals surface area contributed by atoms with Crippen LogP contribution in [0.4, 0.5) is 5.95 Å². The lowest BCUT2D eigenvalue weighted by Crippen LogP contribution is -2.11. The molecule has 0 spiro atoms. The normalized spacial score (nSPS) is 10.9. The van der Waals surface area contributed by atoms with E-state index >= 15 is 0 Å². The predicted octanol–water partition coefficient (Wildman–Crippen LogP) is 1.29. The van der Waals surface area contributed by atoms with Gasteiger partial charge in [0, 0.05) is 5.02 Å². The summed E-state index contributed by atoms with van der Waals surface area (Å²) < 4.78 is 1.33. The molecule has 68 valence electrons. The lowest BCUT2D eigenvalue weighted by molar-refractivity contribution is 1.06. The average molecular weight is 197 g/mol. The Kier molecular flexibility index (Phi) is 1.60. The molecular weight excluding hydrogens is 188 g/mol. The van der Waals surface area contributed by atoms with E-state index in [4.69, 9.17) is 23.2 Å². The van der Waals surface area contributed by atoms with Crippen LogP contribution < -0.4 is 11.6 Å². The van der Waals surface area contributed by atoms with Gasteiger partial charge in [0.1, 0.15) is 0 Å². The number of anilines is 1. The molecular formula is C8H9ClN4. The van der Waals surface area contributed by atoms with Crippen molar-refractivity contribution in [1.82, 2.24) is 9.66 Å². The fourth-order valence-corrected chi connectivity index (χ4v) is 1.61. The summed E-state index contributed by atoms with van der Waals surface area (Å²) in [5, 5.41) is 0.636. The zero-order valence-electron chi connectivity index (χ0n) is 7.08. The third-order valence-corrected chi connectivity index (χ3v) is 2.20. The predicted molar refractivity (Wildman–Crippen MR) is 54.0 cm³/mol. The molecule has 0 aliphatic rings. The zero-order valence-corrected chi connectivity index (χ0v) is 7.84. The van der Waals surface area contributed by atoms with Gasteiger partial charge in [-0.1, -0.05) is 11.6 Å². The molecule has 0 saturated carbocycles. The van der Waals surface area contributed by atoms with Crippen molar-refractivity contribution in [2.45, 2.75) is 6.92 Å². The number of nitrogens with zero attached hydrogens (tertiary/aromatic N) is 2. The fraction of sp³-hybridized carbons (Fsp3) is 0.125. The van der Waals surface area contributed by atoms with Crippen LogP contribution in [-0.2, 0) is 0 Å². The van der Waals surface area contributed by atoms with E-state index in [9.17, 15) is 0 Å². The highest BCUT2D eigenvalue weighted by Crippen LogP contribution is 2.23. The molecule has 1 aromatic carbocycles. The Labute approximate surface area is 80.1 Å². The molecule has 4 N–H and O–H groups in total. The van der Waals surface area contributed by atoms with Gasteiger partial charge in [-0.15, -0.1) is 0 Å². The largest absolute Gasteiger partial charge is 0.368 e. The molecule has 0 bridgehead atoms. The van der Waals surface area contributed by atoms with Gasteiger partial charge in [-0.3, -0.25) is 0 Å². The lowest BCUT2D eigenvalue weighted by Gasteiger charge is -1.98. The number of rotatable bonds is 0. The lowest BCUT2D eigenvalue weighted by atomic mass is 10.2. The van der Waals surface area contributed by atoms with Crippen LogP contribution in [0.15, 0.2) is 12.1 Å². The van der Waals surface area contributed by atoms with Crippen molar-refractivity contribution in [3.63, 3.8) is 0 Å². The molecule has 0 atom stereocenters. The van der Waals surface area contributed by atoms with Gasteiger partial charge in [-0.05, 0) is 24.6 Å². The van der Waals surface area contributed by atoms with Crippen LogP contribution in [0.2, 0.25) is 5.02 Å². The van der Waals surface area contributed by atoms with E-state index in [-0.39, 0.29) is 0 Å². The van der Waals surface area contributed by atoms with Gasteiger partial charge >= 0.3 is 0 Å². The maximum atomic E-state index is 5.87. The van der Waals surface area contributed by atoms with E-state index in [0.29, 0.717) is 11.0 Å². The fourth-order valence-electron chi connectivity index (χ4n) is 1.34. The van der Waals surface area contributed by atoms with E-state index in [1.54, 1.807) is 6.07 Å². The van der Waals surface area contributed by atoms with E-state index < -0.39 is 0 Å². The molecule has 0 fully saturated rings. The molecule has 13 heavy (non-hydrogen) atoms. The molecule has 0 aliphatic carbocycles. The van der Waals surface area contributed by atoms with Crippen molar-refractivity contribution in [2.75, 3.05) is 11.6 Å². The van der Waals surface area contributed by atoms with Crippen molar-refractivity contribution < 1.29 is 0 Å². The number of imidazole rings is 1. The summed E-state index contributed by atoms with van der Waals surface area (Å²) in [6, 6.07) is 3.57. The third kappa shape index (κ3) is 1.10. The van der Waals surface area contributed by atoms with Crippen LogP contribution >= 0.6 is 11.6 Å². The summed E-state index contributed by atoms with van der Waals surface area (Å²) >= 11 is 5.87. The maximum absolute atomic E-state index is 5.87. The number of hydrogen-bond acceptors (Lipinski definition) is 3. The number of nitrogen functional groups attached to an aromatic ring is 2. The standard InChI is InChI=1S/C8H9ClN4/c1-4-2-5(9)3-6-7(4)12-8(10)13(6)11/h2-3H,11H2,1H3,(H2,10,12). The van der Waals surface area contributed by atoms with Gasteiger partial charge in [0.25, 0.3) is 0 Å². The smallest absolute Gasteiger partial charge is 0.220 e. The van der Waals surface area contributed by atoms with Gasteiger partial charge in [0.2, 0.25) is 5.95 Å². The Hall–Kier alpha value is -1.42. The number of hydrogen-bond donors (Lipinski definition) is 2. The Morgan fingerprint density at radius 2 is 2.15 bits per heavy atom. The highest BCUT2D eigenvalue weighted by atomic mass is 35.5. The number of halogens is 1. The molecule has 4 nitrogen and oxygen atoms in total. The Bertz CT molecular complexity index is 474. The topological polar surface area (TPSA) is 69.9 Å². The minimum Gasteiger partial charge on any atom is -0.368 e. The summed E-state index contributed by atoms with van der Waals surface area (Å²) in [6.45, 7) is 1.92. The summed E-state index contributed by atoms with van der Waals surface area (Å²) in [4.78, 5) is 4.11. The van der Waals surface area contributed by atoms with Crippen LogP contribution in [0.5, 0.6) is 0 Å². The Morgan fingerprint density at radius 1 is 1.46 bits per heavy atom. The van der Waals surface area contributed by atoms with Crippen molar-refractivity contribution in [3.8, 4) is 0 Å². The molecule has 2 aromatic rings. The second-order valence-corrected chi connectivity index (χ2v) is 3.37. The maximum Gasteiger partial charge on any atom is 0.220 e. The number of aromatic nitrogens is 2. The van der Waals surface area contributed by atoms with Crippen LogP contribution in [0.25, 0.3) is 11.0 Å². The van der Waals surface area contributed by atoms with Crippen molar-refractivity contribution in [2.24, 2.45) is 0 Å². The van der Waals surface area contributed by atoms with Crippen molar-refractivity contribution in [1.29, 1.82) is 0 Å². The van der Waals surface area contributed by atoms with Crippen LogP contribution in [0, 0.1) is 6.92 Å². The molecule has 0 saturated heterocycles. The molecule has 0 unspecified atom stereocenters. The van der Waals surface area contributed by atoms with E-state index in [2.05, 4.69) is 4.98 Å². The first kappa shape index (κ1) is 8.19. The van der Waals surface area contributed by atoms with E-state index in [1.165, 1.54) is 4.68 Å². The second-order valence-electron chi connectivity index (χ2n) is 2.93. The van der Waals surface area contributed by atoms with Crippen molar-refractivity contribution >= 4 is 28.6 Å². The Balaban J connectivity index is 2.94. The van der Waals surface area contributed by atoms with Crippen LogP contribution in [-0.4, -0.2) is 9.66 Å². The van der Waals surface area contributed by atoms with Crippen molar-refractivity contribution in [3.05, 3.63) is 22.7 Å².